The second kappa shape index (κ2) is 19.0. The molecular weight excluding hydrogens is 821 g/mol. The average Bonchev–Trinajstić information content (AvgIpc) is 3.93. The summed E-state index contributed by atoms with van der Waals surface area (Å²) in [4.78, 5) is 55.1. The summed E-state index contributed by atoms with van der Waals surface area (Å²) in [6.07, 6.45) is -11.4. The van der Waals surface area contributed by atoms with Gasteiger partial charge in [-0.05, 0) is 76.2 Å². The van der Waals surface area contributed by atoms with Gasteiger partial charge < -0.3 is 56.8 Å². The van der Waals surface area contributed by atoms with Crippen LogP contribution in [0.5, 0.6) is 0 Å². The predicted octanol–water partition coefficient (Wildman–Crippen LogP) is 5.63. The van der Waals surface area contributed by atoms with Crippen LogP contribution in [0, 0.1) is 0 Å². The quantitative estimate of drug-likeness (QED) is 0.0864. The van der Waals surface area contributed by atoms with Gasteiger partial charge in [-0.2, -0.15) is 0 Å². The Balaban J connectivity index is 1.13. The number of rotatable bonds is 14. The molecular formula is C47H48O16. The van der Waals surface area contributed by atoms with Crippen LogP contribution in [0.25, 0.3) is 0 Å². The van der Waals surface area contributed by atoms with Gasteiger partial charge in [0.15, 0.2) is 43.0 Å². The first-order chi connectivity index (χ1) is 30.3. The lowest BCUT2D eigenvalue weighted by atomic mass is 9.97. The highest BCUT2D eigenvalue weighted by Gasteiger charge is 2.59. The Bertz CT molecular complexity index is 2190. The van der Waals surface area contributed by atoms with E-state index in [-0.39, 0.29) is 28.9 Å². The summed E-state index contributed by atoms with van der Waals surface area (Å²) in [5.41, 5.74) is 0.685. The van der Waals surface area contributed by atoms with Gasteiger partial charge >= 0.3 is 23.9 Å². The molecule has 8 rings (SSSR count). The fourth-order valence-electron chi connectivity index (χ4n) is 7.72. The van der Waals surface area contributed by atoms with Gasteiger partial charge in [-0.25, -0.2) is 19.2 Å². The Morgan fingerprint density at radius 3 is 1.52 bits per heavy atom. The van der Waals surface area contributed by atoms with Crippen LogP contribution in [0.4, 0.5) is 0 Å². The van der Waals surface area contributed by atoms with Crippen molar-refractivity contribution < 1.29 is 76.0 Å². The third-order valence-corrected chi connectivity index (χ3v) is 10.7. The molecule has 16 nitrogen and oxygen atoms in total. The highest BCUT2D eigenvalue weighted by atomic mass is 16.9. The van der Waals surface area contributed by atoms with Gasteiger partial charge in [0.1, 0.15) is 37.1 Å². The zero-order valence-electron chi connectivity index (χ0n) is 35.0. The zero-order chi connectivity index (χ0) is 44.1. The van der Waals surface area contributed by atoms with Crippen molar-refractivity contribution in [1.82, 2.24) is 0 Å². The highest BCUT2D eigenvalue weighted by Crippen LogP contribution is 2.42. The summed E-state index contributed by atoms with van der Waals surface area (Å²) in [7, 11) is 0. The zero-order valence-corrected chi connectivity index (χ0v) is 35.0. The van der Waals surface area contributed by atoms with Crippen molar-refractivity contribution in [1.29, 1.82) is 0 Å². The first-order valence-electron chi connectivity index (χ1n) is 20.6. The third kappa shape index (κ3) is 10.5. The first kappa shape index (κ1) is 44.1. The van der Waals surface area contributed by atoms with E-state index in [1.54, 1.807) is 113 Å². The highest BCUT2D eigenvalue weighted by molar-refractivity contribution is 5.91. The van der Waals surface area contributed by atoms with E-state index in [1.165, 1.54) is 36.4 Å². The molecule has 63 heavy (non-hydrogen) atoms. The second-order valence-electron chi connectivity index (χ2n) is 16.1. The van der Waals surface area contributed by atoms with E-state index in [9.17, 15) is 19.2 Å². The van der Waals surface area contributed by atoms with Gasteiger partial charge in [0, 0.05) is 0 Å². The Kier molecular flexibility index (Phi) is 13.3. The van der Waals surface area contributed by atoms with E-state index in [0.717, 1.165) is 0 Å². The molecule has 0 radical (unpaired) electrons. The summed E-state index contributed by atoms with van der Waals surface area (Å²) in [5, 5.41) is 0. The summed E-state index contributed by atoms with van der Waals surface area (Å²) in [6, 6.07) is 32.5. The van der Waals surface area contributed by atoms with Crippen LogP contribution in [0.2, 0.25) is 0 Å². The maximum absolute atomic E-state index is 14.0. The van der Waals surface area contributed by atoms with Crippen LogP contribution in [-0.4, -0.2) is 117 Å². The van der Waals surface area contributed by atoms with Gasteiger partial charge in [-0.15, -0.1) is 0 Å². The molecule has 0 bridgehead atoms. The number of benzene rings is 4. The summed E-state index contributed by atoms with van der Waals surface area (Å²) < 4.78 is 73.8. The minimum absolute atomic E-state index is 0.142. The molecule has 0 aromatic heterocycles. The van der Waals surface area contributed by atoms with Crippen LogP contribution in [0.15, 0.2) is 121 Å². The Hall–Kier alpha value is -5.56. The van der Waals surface area contributed by atoms with Crippen LogP contribution >= 0.6 is 0 Å². The molecule has 0 spiro atoms. The van der Waals surface area contributed by atoms with E-state index in [4.69, 9.17) is 56.8 Å². The topological polar surface area (TPSA) is 179 Å². The average molecular weight is 869 g/mol. The Morgan fingerprint density at radius 2 is 1.02 bits per heavy atom. The van der Waals surface area contributed by atoms with Gasteiger partial charge in [-0.3, -0.25) is 0 Å². The third-order valence-electron chi connectivity index (χ3n) is 10.7. The maximum atomic E-state index is 14.0. The number of hydrogen-bond acceptors (Lipinski definition) is 16. The molecule has 4 fully saturated rings. The molecule has 4 aliphatic rings. The van der Waals surface area contributed by atoms with Crippen molar-refractivity contribution in [3.8, 4) is 0 Å². The van der Waals surface area contributed by atoms with Gasteiger partial charge in [0.25, 0.3) is 0 Å². The SMILES string of the molecule is CC1(C)O[C@H]2O[C@H]([C@H]3COC(C)(C)O3)[C@H](OCO[C@H]3O[C@H](COC(=O)c4ccccc4)[C@@H](OC(=O)c4ccccc4)[C@H](OC(=O)c4ccccc4)[C@@H]3OC(=O)c3ccccc3)[C@H]2O1. The lowest BCUT2D eigenvalue weighted by molar-refractivity contribution is -0.320. The number of carbonyl (C=O) groups is 4. The fourth-order valence-corrected chi connectivity index (χ4v) is 7.72. The van der Waals surface area contributed by atoms with Gasteiger partial charge in [-0.1, -0.05) is 72.8 Å². The molecule has 16 heteroatoms. The van der Waals surface area contributed by atoms with E-state index < -0.39 is 110 Å². The van der Waals surface area contributed by atoms with Crippen molar-refractivity contribution >= 4 is 23.9 Å². The van der Waals surface area contributed by atoms with Crippen LogP contribution in [0.3, 0.4) is 0 Å². The standard InChI is InChI=1S/C47H48O16/c1-46(2)55-26-33(61-46)35-36(39-45(60-35)63-47(3,4)62-39)53-27-54-44-38(59-43(51)31-23-15-8-16-24-31)37(58-42(50)30-21-13-7-14-22-30)34(57-41(49)29-19-11-6-12-20-29)32(56-44)25-52-40(48)28-17-9-5-10-18-28/h5-24,32-39,44-45H,25-27H2,1-4H3/t32-,33-,34-,35-,36+,37+,38+,39-,44+,45-/m1/s1. The lowest BCUT2D eigenvalue weighted by Gasteiger charge is -2.44. The van der Waals surface area contributed by atoms with Crippen LogP contribution < -0.4 is 0 Å². The number of esters is 4. The van der Waals surface area contributed by atoms with E-state index >= 15 is 0 Å². The molecule has 332 valence electrons. The molecule has 0 saturated carbocycles. The molecule has 0 unspecified atom stereocenters. The number of carbonyl (C=O) groups excluding carboxylic acids is 4. The number of ether oxygens (including phenoxy) is 12. The van der Waals surface area contributed by atoms with E-state index in [1.807, 2.05) is 0 Å². The molecule has 4 saturated heterocycles. The predicted molar refractivity (Wildman–Crippen MR) is 217 cm³/mol. The Morgan fingerprint density at radius 1 is 0.524 bits per heavy atom. The molecule has 0 N–H and O–H groups in total. The van der Waals surface area contributed by atoms with Crippen molar-refractivity contribution in [2.24, 2.45) is 0 Å². The largest absolute Gasteiger partial charge is 0.459 e. The minimum atomic E-state index is -1.62. The molecule has 0 amide bonds. The normalized spacial score (nSPS) is 29.3. The van der Waals surface area contributed by atoms with Crippen molar-refractivity contribution in [3.63, 3.8) is 0 Å². The monoisotopic (exact) mass is 868 g/mol. The molecule has 4 aromatic carbocycles. The van der Waals surface area contributed by atoms with Gasteiger partial charge in [0.2, 0.25) is 6.29 Å². The fraction of sp³-hybridized carbons (Fsp3) is 0.404. The summed E-state index contributed by atoms with van der Waals surface area (Å²) >= 11 is 0. The maximum Gasteiger partial charge on any atom is 0.338 e. The second-order valence-corrected chi connectivity index (χ2v) is 16.1. The molecule has 10 atom stereocenters. The minimum Gasteiger partial charge on any atom is -0.459 e. The number of fused-ring (bicyclic) bond motifs is 1. The van der Waals surface area contributed by atoms with Crippen molar-refractivity contribution in [2.75, 3.05) is 20.0 Å². The Labute approximate surface area is 363 Å². The van der Waals surface area contributed by atoms with Crippen molar-refractivity contribution in [3.05, 3.63) is 144 Å². The van der Waals surface area contributed by atoms with Crippen LogP contribution in [0.1, 0.15) is 69.1 Å². The van der Waals surface area contributed by atoms with Gasteiger partial charge in [0.05, 0.1) is 28.9 Å². The molecule has 4 aromatic rings. The van der Waals surface area contributed by atoms with Crippen LogP contribution in [-0.2, 0) is 56.8 Å². The molecule has 4 aliphatic heterocycles. The smallest absolute Gasteiger partial charge is 0.338 e. The molecule has 0 aliphatic carbocycles. The molecule has 4 heterocycles. The lowest BCUT2D eigenvalue weighted by Crippen LogP contribution is -2.63. The summed E-state index contributed by atoms with van der Waals surface area (Å²) in [6.45, 7) is 6.20. The van der Waals surface area contributed by atoms with E-state index in [0.29, 0.717) is 0 Å². The summed E-state index contributed by atoms with van der Waals surface area (Å²) in [5.74, 6) is -5.11. The number of hydrogen-bond donors (Lipinski definition) is 0. The first-order valence-corrected chi connectivity index (χ1v) is 20.6. The van der Waals surface area contributed by atoms with E-state index in [2.05, 4.69) is 0 Å². The van der Waals surface area contributed by atoms with Crippen molar-refractivity contribution in [2.45, 2.75) is 101 Å².